The molecule has 0 saturated carbocycles. The molecule has 23 heavy (non-hydrogen) atoms. The lowest BCUT2D eigenvalue weighted by atomic mass is 10.2. The highest BCUT2D eigenvalue weighted by atomic mass is 35.5. The zero-order valence-corrected chi connectivity index (χ0v) is 14.2. The largest absolute Gasteiger partial charge is 0.428 e. The van der Waals surface area contributed by atoms with Gasteiger partial charge in [0, 0.05) is 18.0 Å². The molecule has 0 fully saturated rings. The van der Waals surface area contributed by atoms with Gasteiger partial charge in [-0.15, -0.1) is 5.10 Å². The van der Waals surface area contributed by atoms with Crippen LogP contribution in [0.2, 0.25) is 5.02 Å². The second-order valence-electron chi connectivity index (χ2n) is 4.90. The Morgan fingerprint density at radius 3 is 2.57 bits per heavy atom. The van der Waals surface area contributed by atoms with Gasteiger partial charge in [-0.05, 0) is 32.0 Å². The van der Waals surface area contributed by atoms with Crippen molar-refractivity contribution < 1.29 is 18.3 Å². The van der Waals surface area contributed by atoms with E-state index in [1.807, 2.05) is 13.8 Å². The Kier molecular flexibility index (Phi) is 5.48. The van der Waals surface area contributed by atoms with E-state index in [9.17, 15) is 13.6 Å². The maximum atomic E-state index is 12.6. The van der Waals surface area contributed by atoms with Crippen molar-refractivity contribution in [2.24, 2.45) is 0 Å². The fourth-order valence-electron chi connectivity index (χ4n) is 2.02. The summed E-state index contributed by atoms with van der Waals surface area (Å²) >= 11 is 6.65. The summed E-state index contributed by atoms with van der Waals surface area (Å²) in [5, 5.41) is 6.90. The Bertz CT molecular complexity index is 709. The number of carbonyl (C=O) groups excluding carboxylic acids is 1. The van der Waals surface area contributed by atoms with Crippen LogP contribution in [0.5, 0.6) is 10.9 Å². The van der Waals surface area contributed by atoms with Gasteiger partial charge in [0.1, 0.15) is 0 Å². The van der Waals surface area contributed by atoms with Crippen LogP contribution in [0.25, 0.3) is 0 Å². The average molecular weight is 362 g/mol. The van der Waals surface area contributed by atoms with E-state index in [4.69, 9.17) is 16.3 Å². The first-order valence-electron chi connectivity index (χ1n) is 6.68. The third-order valence-electron chi connectivity index (χ3n) is 2.84. The highest BCUT2D eigenvalue weighted by Gasteiger charge is 2.22. The van der Waals surface area contributed by atoms with Crippen LogP contribution in [0.3, 0.4) is 0 Å². The first-order chi connectivity index (χ1) is 10.8. The monoisotopic (exact) mass is 361 g/mol. The molecule has 0 N–H and O–H groups in total. The third-order valence-corrected chi connectivity index (χ3v) is 3.89. The SMILES string of the molecule is CC(=O)N(c1cc(Cl)ccc1Oc1nnc(C(F)F)s1)C(C)C. The number of halogens is 3. The summed E-state index contributed by atoms with van der Waals surface area (Å²) in [6.45, 7) is 5.10. The zero-order valence-electron chi connectivity index (χ0n) is 12.6. The maximum Gasteiger partial charge on any atom is 0.299 e. The van der Waals surface area contributed by atoms with E-state index in [2.05, 4.69) is 10.2 Å². The van der Waals surface area contributed by atoms with Gasteiger partial charge in [0.2, 0.25) is 5.91 Å². The van der Waals surface area contributed by atoms with Crippen LogP contribution < -0.4 is 9.64 Å². The van der Waals surface area contributed by atoms with E-state index in [1.165, 1.54) is 11.8 Å². The predicted molar refractivity (Wildman–Crippen MR) is 84.7 cm³/mol. The fraction of sp³-hybridized carbons (Fsp3) is 0.357. The summed E-state index contributed by atoms with van der Waals surface area (Å²) in [5.41, 5.74) is 0.439. The fourth-order valence-corrected chi connectivity index (χ4v) is 2.75. The summed E-state index contributed by atoms with van der Waals surface area (Å²) < 4.78 is 30.7. The van der Waals surface area contributed by atoms with Gasteiger partial charge in [0.15, 0.2) is 10.8 Å². The number of hydrogen-bond acceptors (Lipinski definition) is 5. The van der Waals surface area contributed by atoms with Crippen molar-refractivity contribution in [3.8, 4) is 10.9 Å². The standard InChI is InChI=1S/C14H14ClF2N3O2S/c1-7(2)20(8(3)21)10-6-9(15)4-5-11(10)22-14-19-18-13(23-14)12(16)17/h4-7,12H,1-3H3. The number of amides is 1. The van der Waals surface area contributed by atoms with Crippen molar-refractivity contribution >= 4 is 34.5 Å². The number of hydrogen-bond donors (Lipinski definition) is 0. The molecule has 5 nitrogen and oxygen atoms in total. The molecular weight excluding hydrogens is 348 g/mol. The van der Waals surface area contributed by atoms with Crippen molar-refractivity contribution in [2.45, 2.75) is 33.2 Å². The minimum absolute atomic E-state index is 0.0314. The molecule has 0 radical (unpaired) electrons. The molecular formula is C14H14ClF2N3O2S. The van der Waals surface area contributed by atoms with Crippen molar-refractivity contribution in [3.05, 3.63) is 28.2 Å². The normalized spacial score (nSPS) is 11.1. The number of nitrogens with zero attached hydrogens (tertiary/aromatic N) is 3. The molecule has 1 aromatic heterocycles. The van der Waals surface area contributed by atoms with Gasteiger partial charge >= 0.3 is 0 Å². The first kappa shape index (κ1) is 17.6. The number of alkyl halides is 2. The number of aromatic nitrogens is 2. The highest BCUT2D eigenvalue weighted by Crippen LogP contribution is 2.37. The number of anilines is 1. The Morgan fingerprint density at radius 2 is 2.04 bits per heavy atom. The molecule has 2 rings (SSSR count). The minimum atomic E-state index is -2.71. The summed E-state index contributed by atoms with van der Waals surface area (Å²) in [7, 11) is 0. The van der Waals surface area contributed by atoms with E-state index >= 15 is 0 Å². The van der Waals surface area contributed by atoms with Crippen molar-refractivity contribution in [1.29, 1.82) is 0 Å². The van der Waals surface area contributed by atoms with Gasteiger partial charge in [-0.3, -0.25) is 4.79 Å². The van der Waals surface area contributed by atoms with Gasteiger partial charge in [-0.2, -0.15) is 0 Å². The molecule has 0 spiro atoms. The average Bonchev–Trinajstić information content (AvgIpc) is 2.90. The Labute approximate surface area is 140 Å². The van der Waals surface area contributed by atoms with Gasteiger partial charge < -0.3 is 9.64 Å². The maximum absolute atomic E-state index is 12.6. The van der Waals surface area contributed by atoms with E-state index in [0.717, 1.165) is 0 Å². The van der Waals surface area contributed by atoms with Gasteiger partial charge in [0.05, 0.1) is 5.69 Å². The van der Waals surface area contributed by atoms with Crippen molar-refractivity contribution in [3.63, 3.8) is 0 Å². The van der Waals surface area contributed by atoms with Crippen molar-refractivity contribution in [2.75, 3.05) is 4.90 Å². The van der Waals surface area contributed by atoms with Crippen LogP contribution >= 0.6 is 22.9 Å². The number of ether oxygens (including phenoxy) is 1. The molecule has 9 heteroatoms. The first-order valence-corrected chi connectivity index (χ1v) is 7.87. The van der Waals surface area contributed by atoms with Crippen LogP contribution in [0, 0.1) is 0 Å². The molecule has 0 aliphatic rings. The quantitative estimate of drug-likeness (QED) is 0.775. The summed E-state index contributed by atoms with van der Waals surface area (Å²) in [5.74, 6) is 0.0907. The molecule has 0 unspecified atom stereocenters. The minimum Gasteiger partial charge on any atom is -0.428 e. The Balaban J connectivity index is 2.39. The highest BCUT2D eigenvalue weighted by molar-refractivity contribution is 7.13. The predicted octanol–water partition coefficient (Wildman–Crippen LogP) is 4.68. The Morgan fingerprint density at radius 1 is 1.35 bits per heavy atom. The number of rotatable bonds is 5. The molecule has 0 atom stereocenters. The summed E-state index contributed by atoms with van der Waals surface area (Å²) in [4.78, 5) is 13.4. The molecule has 2 aromatic rings. The second-order valence-corrected chi connectivity index (χ2v) is 6.31. The molecule has 0 aliphatic heterocycles. The number of carbonyl (C=O) groups is 1. The van der Waals surface area contributed by atoms with Crippen molar-refractivity contribution in [1.82, 2.24) is 10.2 Å². The van der Waals surface area contributed by atoms with Crippen LogP contribution in [0.1, 0.15) is 32.2 Å². The lowest BCUT2D eigenvalue weighted by Gasteiger charge is -2.27. The van der Waals surface area contributed by atoms with Crippen LogP contribution in [0.4, 0.5) is 14.5 Å². The molecule has 124 valence electrons. The molecule has 1 heterocycles. The summed E-state index contributed by atoms with van der Waals surface area (Å²) in [6.07, 6.45) is -2.71. The van der Waals surface area contributed by atoms with E-state index in [0.29, 0.717) is 22.0 Å². The van der Waals surface area contributed by atoms with Crippen LogP contribution in [-0.4, -0.2) is 22.1 Å². The zero-order chi connectivity index (χ0) is 17.1. The lowest BCUT2D eigenvalue weighted by molar-refractivity contribution is -0.116. The molecule has 0 saturated heterocycles. The lowest BCUT2D eigenvalue weighted by Crippen LogP contribution is -2.35. The van der Waals surface area contributed by atoms with Crippen LogP contribution in [-0.2, 0) is 4.79 Å². The topological polar surface area (TPSA) is 55.3 Å². The van der Waals surface area contributed by atoms with E-state index in [1.54, 1.807) is 18.2 Å². The van der Waals surface area contributed by atoms with Gasteiger partial charge in [-0.1, -0.05) is 28.0 Å². The molecule has 0 bridgehead atoms. The number of benzene rings is 1. The van der Waals surface area contributed by atoms with E-state index in [-0.39, 0.29) is 22.9 Å². The Hall–Kier alpha value is -1.80. The second kappa shape index (κ2) is 7.18. The van der Waals surface area contributed by atoms with Gasteiger partial charge in [-0.25, -0.2) is 8.78 Å². The summed E-state index contributed by atoms with van der Waals surface area (Å²) in [6, 6.07) is 4.57. The third kappa shape index (κ3) is 4.14. The molecule has 1 aromatic carbocycles. The molecule has 0 aliphatic carbocycles. The smallest absolute Gasteiger partial charge is 0.299 e. The van der Waals surface area contributed by atoms with E-state index < -0.39 is 11.4 Å². The van der Waals surface area contributed by atoms with Crippen LogP contribution in [0.15, 0.2) is 18.2 Å². The molecule has 1 amide bonds. The van der Waals surface area contributed by atoms with Gasteiger partial charge in [0.25, 0.3) is 11.6 Å².